The highest BCUT2D eigenvalue weighted by molar-refractivity contribution is 5.94. The van der Waals surface area contributed by atoms with Gasteiger partial charge in [-0.25, -0.2) is 0 Å². The lowest BCUT2D eigenvalue weighted by Crippen LogP contribution is -2.41. The summed E-state index contributed by atoms with van der Waals surface area (Å²) in [4.78, 5) is 2.39. The van der Waals surface area contributed by atoms with Crippen molar-refractivity contribution in [3.63, 3.8) is 0 Å². The Balaban J connectivity index is 1.22. The third-order valence-electron chi connectivity index (χ3n) is 7.65. The Morgan fingerprint density at radius 2 is 1.92 bits per heavy atom. The second-order valence-corrected chi connectivity index (χ2v) is 10.3. The number of rotatable bonds is 6. The van der Waals surface area contributed by atoms with Gasteiger partial charge in [-0.3, -0.25) is 5.10 Å². The van der Waals surface area contributed by atoms with Crippen LogP contribution in [0.15, 0.2) is 90.8 Å². The molecule has 2 aromatic carbocycles. The molecule has 4 aromatic rings. The highest BCUT2D eigenvalue weighted by Gasteiger charge is 2.29. The topological polar surface area (TPSA) is 74.9 Å². The predicted molar refractivity (Wildman–Crippen MR) is 146 cm³/mol. The van der Waals surface area contributed by atoms with Gasteiger partial charge in [-0.1, -0.05) is 60.7 Å². The Morgan fingerprint density at radius 3 is 2.69 bits per heavy atom. The van der Waals surface area contributed by atoms with Crippen LogP contribution in [-0.2, 0) is 12.1 Å². The summed E-state index contributed by atoms with van der Waals surface area (Å²) in [6.45, 7) is 3.11. The van der Waals surface area contributed by atoms with Crippen LogP contribution in [0.4, 0.5) is 0 Å². The van der Waals surface area contributed by atoms with Gasteiger partial charge in [0, 0.05) is 35.4 Å². The van der Waals surface area contributed by atoms with Crippen molar-refractivity contribution in [2.45, 2.75) is 37.4 Å². The number of piperidine rings is 1. The van der Waals surface area contributed by atoms with E-state index in [4.69, 9.17) is 10.8 Å². The van der Waals surface area contributed by atoms with Crippen LogP contribution in [0.25, 0.3) is 22.2 Å². The zero-order chi connectivity index (χ0) is 24.5. The third kappa shape index (κ3) is 4.50. The van der Waals surface area contributed by atoms with Crippen molar-refractivity contribution in [1.82, 2.24) is 25.0 Å². The molecule has 6 heteroatoms. The molecule has 0 bridgehead atoms. The van der Waals surface area contributed by atoms with Crippen molar-refractivity contribution >= 4 is 10.9 Å². The van der Waals surface area contributed by atoms with Crippen LogP contribution >= 0.6 is 0 Å². The van der Waals surface area contributed by atoms with Crippen LogP contribution in [0.2, 0.25) is 0 Å². The molecule has 0 spiro atoms. The molecule has 0 amide bonds. The minimum absolute atomic E-state index is 0.536. The molecule has 184 valence electrons. The molecule has 0 radical (unpaired) electrons. The Morgan fingerprint density at radius 1 is 1.08 bits per heavy atom. The van der Waals surface area contributed by atoms with Crippen LogP contribution in [0, 0.1) is 0 Å². The lowest BCUT2D eigenvalue weighted by molar-refractivity contribution is 0.242. The Hall–Kier alpha value is -3.61. The summed E-state index contributed by atoms with van der Waals surface area (Å²) in [6.07, 6.45) is 11.7. The number of benzene rings is 2. The van der Waals surface area contributed by atoms with E-state index in [0.717, 1.165) is 43.0 Å². The summed E-state index contributed by atoms with van der Waals surface area (Å²) in [5, 5.41) is 12.9. The van der Waals surface area contributed by atoms with Crippen molar-refractivity contribution in [3.8, 4) is 11.3 Å². The fraction of sp³-hybridized carbons (Fsp3) is 0.300. The largest absolute Gasteiger partial charge is 0.382 e. The summed E-state index contributed by atoms with van der Waals surface area (Å²) >= 11 is 0. The van der Waals surface area contributed by atoms with Crippen LogP contribution in [0.1, 0.15) is 30.5 Å². The molecule has 36 heavy (non-hydrogen) atoms. The maximum atomic E-state index is 6.87. The van der Waals surface area contributed by atoms with Crippen molar-refractivity contribution in [1.29, 1.82) is 0 Å². The molecule has 1 aliphatic heterocycles. The standard InChI is InChI=1S/C30H34N6/c1-35-17-13-25(14-18-35)32-24-10-15-30(31,16-11-24)28-20-27(33-34-28)26-9-5-8-23-12-19-36(29(23)26)21-22-6-3-2-4-7-22/h2-12,15,19-20,25,32H,13-14,16-18,21,31H2,1H3,(H,33,34). The monoisotopic (exact) mass is 478 g/mol. The van der Waals surface area contributed by atoms with Crippen LogP contribution < -0.4 is 11.1 Å². The number of allylic oxidation sites excluding steroid dienone is 1. The number of H-pyrrole nitrogens is 1. The molecule has 6 rings (SSSR count). The summed E-state index contributed by atoms with van der Waals surface area (Å²) < 4.78 is 2.30. The van der Waals surface area contributed by atoms with Gasteiger partial charge in [-0.2, -0.15) is 5.10 Å². The molecule has 0 saturated carbocycles. The van der Waals surface area contributed by atoms with Gasteiger partial charge in [-0.15, -0.1) is 0 Å². The van der Waals surface area contributed by atoms with Crippen molar-refractivity contribution in [2.75, 3.05) is 20.1 Å². The van der Waals surface area contributed by atoms with Crippen molar-refractivity contribution in [3.05, 3.63) is 102 Å². The van der Waals surface area contributed by atoms with Gasteiger partial charge in [0.05, 0.1) is 22.4 Å². The summed E-state index contributed by atoms with van der Waals surface area (Å²) in [7, 11) is 2.19. The van der Waals surface area contributed by atoms with Gasteiger partial charge in [0.2, 0.25) is 0 Å². The first-order chi connectivity index (χ1) is 17.6. The van der Waals surface area contributed by atoms with Gasteiger partial charge in [-0.05, 0) is 63.2 Å². The smallest absolute Gasteiger partial charge is 0.0945 e. The van der Waals surface area contributed by atoms with Gasteiger partial charge >= 0.3 is 0 Å². The minimum Gasteiger partial charge on any atom is -0.382 e. The number of aromatic nitrogens is 3. The molecule has 1 unspecified atom stereocenters. The number of hydrogen-bond acceptors (Lipinski definition) is 4. The summed E-state index contributed by atoms with van der Waals surface area (Å²) in [5.41, 5.74) is 12.9. The van der Waals surface area contributed by atoms with Crippen LogP contribution in [-0.4, -0.2) is 45.8 Å². The summed E-state index contributed by atoms with van der Waals surface area (Å²) in [6, 6.07) is 21.8. The maximum absolute atomic E-state index is 6.87. The van der Waals surface area contributed by atoms with E-state index in [2.05, 4.69) is 112 Å². The maximum Gasteiger partial charge on any atom is 0.0945 e. The van der Waals surface area contributed by atoms with Gasteiger partial charge in [0.25, 0.3) is 0 Å². The van der Waals surface area contributed by atoms with Gasteiger partial charge in [0.1, 0.15) is 0 Å². The normalized spacial score (nSPS) is 21.1. The van der Waals surface area contributed by atoms with Crippen molar-refractivity contribution < 1.29 is 0 Å². The minimum atomic E-state index is -0.594. The van der Waals surface area contributed by atoms with Gasteiger partial charge < -0.3 is 20.5 Å². The van der Waals surface area contributed by atoms with Crippen LogP contribution in [0.3, 0.4) is 0 Å². The number of aromatic amines is 1. The molecule has 1 atom stereocenters. The third-order valence-corrected chi connectivity index (χ3v) is 7.65. The highest BCUT2D eigenvalue weighted by atomic mass is 15.1. The zero-order valence-electron chi connectivity index (χ0n) is 20.8. The molecule has 6 nitrogen and oxygen atoms in total. The first-order valence-electron chi connectivity index (χ1n) is 12.9. The fourth-order valence-corrected chi connectivity index (χ4v) is 5.43. The fourth-order valence-electron chi connectivity index (χ4n) is 5.43. The number of hydrogen-bond donors (Lipinski definition) is 3. The van der Waals surface area contributed by atoms with Crippen LogP contribution in [0.5, 0.6) is 0 Å². The second kappa shape index (κ2) is 9.45. The molecule has 1 saturated heterocycles. The quantitative estimate of drug-likeness (QED) is 0.374. The predicted octanol–water partition coefficient (Wildman–Crippen LogP) is 4.76. The SMILES string of the molecule is CN1CCC(NC2=CCC(N)(c3cc(-c4cccc5ccn(Cc6ccccc6)c45)n[nH]3)C=C2)CC1. The van der Waals surface area contributed by atoms with E-state index in [1.54, 1.807) is 0 Å². The second-order valence-electron chi connectivity index (χ2n) is 10.3. The lowest BCUT2D eigenvalue weighted by Gasteiger charge is -2.32. The number of nitrogens with two attached hydrogens (primary N) is 1. The van der Waals surface area contributed by atoms with E-state index in [9.17, 15) is 0 Å². The molecule has 2 aliphatic rings. The van der Waals surface area contributed by atoms with Gasteiger partial charge in [0.15, 0.2) is 0 Å². The van der Waals surface area contributed by atoms with Crippen molar-refractivity contribution in [2.24, 2.45) is 5.73 Å². The molecule has 2 aromatic heterocycles. The number of para-hydroxylation sites is 1. The number of fused-ring (bicyclic) bond motifs is 1. The molecular weight excluding hydrogens is 444 g/mol. The number of nitrogens with one attached hydrogen (secondary N) is 2. The molecule has 3 heterocycles. The lowest BCUT2D eigenvalue weighted by atomic mass is 9.87. The average molecular weight is 479 g/mol. The van der Waals surface area contributed by atoms with E-state index in [1.165, 1.54) is 35.0 Å². The first kappa shape index (κ1) is 22.8. The van der Waals surface area contributed by atoms with E-state index >= 15 is 0 Å². The van der Waals surface area contributed by atoms with E-state index < -0.39 is 5.54 Å². The zero-order valence-corrected chi connectivity index (χ0v) is 20.8. The number of likely N-dealkylation sites (tertiary alicyclic amines) is 1. The highest BCUT2D eigenvalue weighted by Crippen LogP contribution is 2.33. The average Bonchev–Trinajstić information content (AvgIpc) is 3.56. The van der Waals surface area contributed by atoms with E-state index in [0.29, 0.717) is 6.04 Å². The number of nitrogens with zero attached hydrogens (tertiary/aromatic N) is 3. The first-order valence-corrected chi connectivity index (χ1v) is 12.9. The molecule has 1 fully saturated rings. The van der Waals surface area contributed by atoms with E-state index in [-0.39, 0.29) is 0 Å². The Bertz CT molecular complexity index is 1400. The summed E-state index contributed by atoms with van der Waals surface area (Å²) in [5.74, 6) is 0. The molecule has 4 N–H and O–H groups in total. The Kier molecular flexibility index (Phi) is 5.99. The van der Waals surface area contributed by atoms with E-state index in [1.807, 2.05) is 0 Å². The Labute approximate surface area is 212 Å². The molecule has 1 aliphatic carbocycles. The molecular formula is C30H34N6.